The van der Waals surface area contributed by atoms with E-state index in [-0.39, 0.29) is 11.8 Å². The second-order valence-electron chi connectivity index (χ2n) is 9.67. The van der Waals surface area contributed by atoms with Crippen LogP contribution in [0.1, 0.15) is 86.4 Å². The summed E-state index contributed by atoms with van der Waals surface area (Å²) >= 11 is 1.74. The maximum atomic E-state index is 13.3. The number of hydrogen-bond donors (Lipinski definition) is 1. The second-order valence-corrected chi connectivity index (χ2v) is 10.6. The van der Waals surface area contributed by atoms with Gasteiger partial charge >= 0.3 is 0 Å². The molecular weight excluding hydrogens is 382 g/mol. The third kappa shape index (κ3) is 4.11. The highest BCUT2D eigenvalue weighted by Gasteiger charge is 2.38. The molecule has 1 aromatic rings. The van der Waals surface area contributed by atoms with Gasteiger partial charge in [0.25, 0.3) is 5.91 Å². The number of piperidine rings is 2. The highest BCUT2D eigenvalue weighted by molar-refractivity contribution is 7.10. The molecule has 29 heavy (non-hydrogen) atoms. The standard InChI is InChI=1S/C23H35N3O2S/c1-23(2,22(24)28)25-12-9-17(10-13-25)20-14-18(15-29-20)21(27)26-11-5-7-16-6-3-4-8-19(16)26/h14-17,19H,3-13H2,1-2H3,(H2,24,28). The SMILES string of the molecule is CC(C)(C(N)=O)N1CCC(c2cc(C(=O)N3CCCC4CCCCC43)cs2)CC1. The number of nitrogens with two attached hydrogens (primary N) is 1. The average Bonchev–Trinajstić information content (AvgIpc) is 3.23. The van der Waals surface area contributed by atoms with Gasteiger partial charge in [0.05, 0.1) is 11.1 Å². The summed E-state index contributed by atoms with van der Waals surface area (Å²) < 4.78 is 0. The Balaban J connectivity index is 1.40. The van der Waals surface area contributed by atoms with Gasteiger partial charge in [-0.25, -0.2) is 0 Å². The summed E-state index contributed by atoms with van der Waals surface area (Å²) in [4.78, 5) is 30.7. The number of nitrogens with zero attached hydrogens (tertiary/aromatic N) is 2. The molecule has 1 aliphatic carbocycles. The van der Waals surface area contributed by atoms with Gasteiger partial charge in [0.1, 0.15) is 0 Å². The predicted molar refractivity (Wildman–Crippen MR) is 117 cm³/mol. The Bertz CT molecular complexity index is 749. The molecule has 2 unspecified atom stereocenters. The minimum Gasteiger partial charge on any atom is -0.368 e. The first kappa shape index (κ1) is 20.9. The van der Waals surface area contributed by atoms with Crippen molar-refractivity contribution in [3.63, 3.8) is 0 Å². The van der Waals surface area contributed by atoms with E-state index in [1.165, 1.54) is 37.0 Å². The van der Waals surface area contributed by atoms with Gasteiger partial charge in [-0.05, 0) is 83.4 Å². The summed E-state index contributed by atoms with van der Waals surface area (Å²) in [5, 5.41) is 2.07. The van der Waals surface area contributed by atoms with Gasteiger partial charge in [-0.15, -0.1) is 11.3 Å². The number of fused-ring (bicyclic) bond motifs is 1. The predicted octanol–water partition coefficient (Wildman–Crippen LogP) is 3.99. The van der Waals surface area contributed by atoms with Crippen LogP contribution in [0.25, 0.3) is 0 Å². The molecule has 0 radical (unpaired) electrons. The zero-order valence-corrected chi connectivity index (χ0v) is 18.7. The van der Waals surface area contributed by atoms with Crippen molar-refractivity contribution in [3.05, 3.63) is 21.9 Å². The molecule has 0 bridgehead atoms. The second kappa shape index (κ2) is 8.38. The quantitative estimate of drug-likeness (QED) is 0.806. The van der Waals surface area contributed by atoms with E-state index in [0.717, 1.165) is 50.4 Å². The normalized spacial score (nSPS) is 26.9. The lowest BCUT2D eigenvalue weighted by atomic mass is 9.78. The maximum absolute atomic E-state index is 13.3. The van der Waals surface area contributed by atoms with Gasteiger partial charge in [0.2, 0.25) is 5.91 Å². The Morgan fingerprint density at radius 1 is 1.03 bits per heavy atom. The molecule has 2 atom stereocenters. The van der Waals surface area contributed by atoms with Crippen LogP contribution in [0, 0.1) is 5.92 Å². The van der Waals surface area contributed by atoms with Crippen LogP contribution < -0.4 is 5.73 Å². The number of primary amides is 1. The van der Waals surface area contributed by atoms with E-state index < -0.39 is 5.54 Å². The number of hydrogen-bond acceptors (Lipinski definition) is 4. The number of carbonyl (C=O) groups is 2. The number of carbonyl (C=O) groups excluding carboxylic acids is 2. The van der Waals surface area contributed by atoms with Gasteiger partial charge in [-0.3, -0.25) is 14.5 Å². The fourth-order valence-corrected chi connectivity index (χ4v) is 6.66. The Morgan fingerprint density at radius 2 is 1.72 bits per heavy atom. The fraction of sp³-hybridized carbons (Fsp3) is 0.739. The molecule has 160 valence electrons. The molecule has 4 rings (SSSR count). The fourth-order valence-electron chi connectivity index (χ4n) is 5.60. The van der Waals surface area contributed by atoms with Crippen LogP contribution in [0.3, 0.4) is 0 Å². The Labute approximate surface area is 178 Å². The van der Waals surface area contributed by atoms with Crippen LogP contribution in [0.5, 0.6) is 0 Å². The number of rotatable bonds is 4. The van der Waals surface area contributed by atoms with Gasteiger partial charge in [-0.2, -0.15) is 0 Å². The lowest BCUT2D eigenvalue weighted by Gasteiger charge is -2.44. The number of amides is 2. The minimum absolute atomic E-state index is 0.247. The van der Waals surface area contributed by atoms with Gasteiger partial charge < -0.3 is 10.6 Å². The van der Waals surface area contributed by atoms with E-state index in [0.29, 0.717) is 12.0 Å². The molecule has 1 saturated carbocycles. The molecule has 3 fully saturated rings. The van der Waals surface area contributed by atoms with Gasteiger partial charge in [0, 0.05) is 22.8 Å². The highest BCUT2D eigenvalue weighted by atomic mass is 32.1. The smallest absolute Gasteiger partial charge is 0.254 e. The lowest BCUT2D eigenvalue weighted by molar-refractivity contribution is -0.129. The Morgan fingerprint density at radius 3 is 2.45 bits per heavy atom. The summed E-state index contributed by atoms with van der Waals surface area (Å²) in [6.45, 7) is 6.49. The van der Waals surface area contributed by atoms with Crippen molar-refractivity contribution in [2.75, 3.05) is 19.6 Å². The van der Waals surface area contributed by atoms with E-state index in [1.807, 2.05) is 13.8 Å². The van der Waals surface area contributed by atoms with Crippen molar-refractivity contribution < 1.29 is 9.59 Å². The van der Waals surface area contributed by atoms with Crippen molar-refractivity contribution in [1.82, 2.24) is 9.80 Å². The van der Waals surface area contributed by atoms with E-state index >= 15 is 0 Å². The summed E-state index contributed by atoms with van der Waals surface area (Å²) in [6.07, 6.45) is 9.54. The molecule has 5 nitrogen and oxygen atoms in total. The summed E-state index contributed by atoms with van der Waals surface area (Å²) in [6, 6.07) is 2.62. The van der Waals surface area contributed by atoms with E-state index in [9.17, 15) is 9.59 Å². The molecule has 2 saturated heterocycles. The lowest BCUT2D eigenvalue weighted by Crippen LogP contribution is -2.55. The molecule has 2 N–H and O–H groups in total. The van der Waals surface area contributed by atoms with Crippen LogP contribution in [0.2, 0.25) is 0 Å². The zero-order chi connectivity index (χ0) is 20.6. The van der Waals surface area contributed by atoms with E-state index in [4.69, 9.17) is 5.73 Å². The largest absolute Gasteiger partial charge is 0.368 e. The van der Waals surface area contributed by atoms with Crippen molar-refractivity contribution in [3.8, 4) is 0 Å². The van der Waals surface area contributed by atoms with Gasteiger partial charge in [0.15, 0.2) is 0 Å². The number of likely N-dealkylation sites (tertiary alicyclic amines) is 2. The molecule has 2 aliphatic heterocycles. The van der Waals surface area contributed by atoms with Crippen LogP contribution in [-0.2, 0) is 4.79 Å². The van der Waals surface area contributed by atoms with Crippen molar-refractivity contribution in [2.24, 2.45) is 11.7 Å². The topological polar surface area (TPSA) is 66.6 Å². The molecule has 0 spiro atoms. The summed E-state index contributed by atoms with van der Waals surface area (Å²) in [5.41, 5.74) is 5.87. The monoisotopic (exact) mass is 417 g/mol. The molecule has 1 aromatic heterocycles. The van der Waals surface area contributed by atoms with Crippen LogP contribution in [0.15, 0.2) is 11.4 Å². The number of thiophene rings is 1. The molecule has 3 aliphatic rings. The molecular formula is C23H35N3O2S. The van der Waals surface area contributed by atoms with E-state index in [2.05, 4.69) is 21.2 Å². The first-order valence-electron chi connectivity index (χ1n) is 11.3. The zero-order valence-electron chi connectivity index (χ0n) is 17.9. The van der Waals surface area contributed by atoms with Crippen molar-refractivity contribution in [1.29, 1.82) is 0 Å². The molecule has 6 heteroatoms. The van der Waals surface area contributed by atoms with Crippen LogP contribution in [-0.4, -0.2) is 52.8 Å². The van der Waals surface area contributed by atoms with Crippen molar-refractivity contribution >= 4 is 23.2 Å². The summed E-state index contributed by atoms with van der Waals surface area (Å²) in [7, 11) is 0. The first-order valence-corrected chi connectivity index (χ1v) is 12.2. The maximum Gasteiger partial charge on any atom is 0.254 e. The Hall–Kier alpha value is -1.40. The summed E-state index contributed by atoms with van der Waals surface area (Å²) in [5.74, 6) is 1.18. The first-order chi connectivity index (χ1) is 13.9. The van der Waals surface area contributed by atoms with Crippen LogP contribution in [0.4, 0.5) is 0 Å². The van der Waals surface area contributed by atoms with E-state index in [1.54, 1.807) is 11.3 Å². The average molecular weight is 418 g/mol. The molecule has 0 aromatic carbocycles. The highest BCUT2D eigenvalue weighted by Crippen LogP contribution is 2.38. The molecule has 2 amide bonds. The third-order valence-electron chi connectivity index (χ3n) is 7.66. The van der Waals surface area contributed by atoms with Crippen molar-refractivity contribution in [2.45, 2.75) is 82.7 Å². The Kier molecular flexibility index (Phi) is 6.03. The van der Waals surface area contributed by atoms with Gasteiger partial charge in [-0.1, -0.05) is 12.8 Å². The third-order valence-corrected chi connectivity index (χ3v) is 8.76. The minimum atomic E-state index is -0.591. The molecule has 3 heterocycles. The van der Waals surface area contributed by atoms with Crippen LogP contribution >= 0.6 is 11.3 Å².